The summed E-state index contributed by atoms with van der Waals surface area (Å²) in [5.74, 6) is 0. The van der Waals surface area contributed by atoms with Gasteiger partial charge in [0.2, 0.25) is 0 Å². The van der Waals surface area contributed by atoms with E-state index in [4.69, 9.17) is 4.74 Å². The number of amides is 1. The monoisotopic (exact) mass is 312 g/mol. The van der Waals surface area contributed by atoms with Gasteiger partial charge in [0, 0.05) is 58.4 Å². The molecule has 2 aliphatic heterocycles. The van der Waals surface area contributed by atoms with Crippen molar-refractivity contribution in [3.8, 4) is 0 Å². The van der Waals surface area contributed by atoms with E-state index in [2.05, 4.69) is 20.4 Å². The molecule has 6 nitrogen and oxygen atoms in total. The van der Waals surface area contributed by atoms with E-state index in [0.717, 1.165) is 65.2 Å². The maximum Gasteiger partial charge on any atom is 0.407 e. The van der Waals surface area contributed by atoms with Crippen molar-refractivity contribution in [2.45, 2.75) is 45.3 Å². The summed E-state index contributed by atoms with van der Waals surface area (Å²) in [4.78, 5) is 16.8. The van der Waals surface area contributed by atoms with Crippen LogP contribution in [0.3, 0.4) is 0 Å². The molecule has 0 bridgehead atoms. The zero-order valence-corrected chi connectivity index (χ0v) is 14.4. The minimum atomic E-state index is -0.423. The topological polar surface area (TPSA) is 56.8 Å². The number of hydrogen-bond acceptors (Lipinski definition) is 5. The SMILES string of the molecule is CC(C)(C)OC(=O)NC1CCN(CCN2CCNCC2)CC1. The summed E-state index contributed by atoms with van der Waals surface area (Å²) in [5, 5.41) is 6.38. The quantitative estimate of drug-likeness (QED) is 0.807. The second kappa shape index (κ2) is 8.13. The highest BCUT2D eigenvalue weighted by atomic mass is 16.6. The molecule has 2 heterocycles. The number of piperazine rings is 1. The van der Waals surface area contributed by atoms with Crippen LogP contribution in [0.5, 0.6) is 0 Å². The molecule has 0 aliphatic carbocycles. The van der Waals surface area contributed by atoms with E-state index < -0.39 is 5.60 Å². The van der Waals surface area contributed by atoms with Crippen molar-refractivity contribution in [3.05, 3.63) is 0 Å². The summed E-state index contributed by atoms with van der Waals surface area (Å²) in [6, 6.07) is 0.255. The lowest BCUT2D eigenvalue weighted by molar-refractivity contribution is 0.0476. The maximum absolute atomic E-state index is 11.8. The fourth-order valence-electron chi connectivity index (χ4n) is 2.99. The Balaban J connectivity index is 1.60. The second-order valence-corrected chi connectivity index (χ2v) is 7.35. The van der Waals surface area contributed by atoms with Gasteiger partial charge in [-0.2, -0.15) is 0 Å². The molecular weight excluding hydrogens is 280 g/mol. The average Bonchev–Trinajstić information content (AvgIpc) is 2.45. The first-order chi connectivity index (χ1) is 10.4. The number of nitrogens with zero attached hydrogens (tertiary/aromatic N) is 2. The van der Waals surface area contributed by atoms with E-state index in [1.807, 2.05) is 20.8 Å². The van der Waals surface area contributed by atoms with Crippen molar-refractivity contribution >= 4 is 6.09 Å². The van der Waals surface area contributed by atoms with Crippen LogP contribution in [-0.4, -0.2) is 79.9 Å². The zero-order valence-electron chi connectivity index (χ0n) is 14.4. The zero-order chi connectivity index (χ0) is 16.0. The van der Waals surface area contributed by atoms with Crippen molar-refractivity contribution in [3.63, 3.8) is 0 Å². The van der Waals surface area contributed by atoms with Crippen LogP contribution in [0.25, 0.3) is 0 Å². The number of carbonyl (C=O) groups is 1. The van der Waals surface area contributed by atoms with Gasteiger partial charge in [0.1, 0.15) is 5.60 Å². The van der Waals surface area contributed by atoms with Crippen molar-refractivity contribution in [1.29, 1.82) is 0 Å². The summed E-state index contributed by atoms with van der Waals surface area (Å²) < 4.78 is 5.32. The van der Waals surface area contributed by atoms with E-state index in [1.54, 1.807) is 0 Å². The Morgan fingerprint density at radius 2 is 1.64 bits per heavy atom. The van der Waals surface area contributed by atoms with Gasteiger partial charge in [0.05, 0.1) is 0 Å². The predicted octanol–water partition coefficient (Wildman–Crippen LogP) is 0.881. The normalized spacial score (nSPS) is 22.5. The van der Waals surface area contributed by atoms with Gasteiger partial charge in [0.25, 0.3) is 0 Å². The molecule has 0 unspecified atom stereocenters. The van der Waals surface area contributed by atoms with Crippen molar-refractivity contribution < 1.29 is 9.53 Å². The number of nitrogens with one attached hydrogen (secondary N) is 2. The van der Waals surface area contributed by atoms with Crippen LogP contribution in [0.15, 0.2) is 0 Å². The lowest BCUT2D eigenvalue weighted by atomic mass is 10.1. The Labute approximate surface area is 134 Å². The number of hydrogen-bond donors (Lipinski definition) is 2. The summed E-state index contributed by atoms with van der Waals surface area (Å²) in [6.45, 7) is 14.7. The summed E-state index contributed by atoms with van der Waals surface area (Å²) >= 11 is 0. The Kier molecular flexibility index (Phi) is 6.47. The second-order valence-electron chi connectivity index (χ2n) is 7.35. The predicted molar refractivity (Wildman–Crippen MR) is 88.1 cm³/mol. The van der Waals surface area contributed by atoms with Gasteiger partial charge in [-0.05, 0) is 33.6 Å². The van der Waals surface area contributed by atoms with Crippen LogP contribution in [-0.2, 0) is 4.74 Å². The fraction of sp³-hybridized carbons (Fsp3) is 0.938. The summed E-state index contributed by atoms with van der Waals surface area (Å²) in [6.07, 6.45) is 1.74. The highest BCUT2D eigenvalue weighted by Crippen LogP contribution is 2.12. The lowest BCUT2D eigenvalue weighted by Gasteiger charge is -2.35. The Hall–Kier alpha value is -0.850. The van der Waals surface area contributed by atoms with Crippen molar-refractivity contribution in [2.24, 2.45) is 0 Å². The number of piperidine rings is 1. The van der Waals surface area contributed by atoms with Crippen LogP contribution >= 0.6 is 0 Å². The Morgan fingerprint density at radius 3 is 2.18 bits per heavy atom. The third-order valence-corrected chi connectivity index (χ3v) is 4.25. The molecule has 6 heteroatoms. The molecule has 2 saturated heterocycles. The maximum atomic E-state index is 11.8. The number of rotatable bonds is 4. The van der Waals surface area contributed by atoms with Crippen LogP contribution < -0.4 is 10.6 Å². The van der Waals surface area contributed by atoms with Gasteiger partial charge in [0.15, 0.2) is 0 Å². The molecule has 1 amide bonds. The number of ether oxygens (including phenoxy) is 1. The Morgan fingerprint density at radius 1 is 1.09 bits per heavy atom. The van der Waals surface area contributed by atoms with E-state index in [-0.39, 0.29) is 12.1 Å². The molecular formula is C16H32N4O2. The summed E-state index contributed by atoms with van der Waals surface area (Å²) in [5.41, 5.74) is -0.423. The van der Waals surface area contributed by atoms with E-state index in [0.29, 0.717) is 0 Å². The first kappa shape index (κ1) is 17.5. The number of likely N-dealkylation sites (tertiary alicyclic amines) is 1. The van der Waals surface area contributed by atoms with Crippen LogP contribution in [0.2, 0.25) is 0 Å². The highest BCUT2D eigenvalue weighted by molar-refractivity contribution is 5.68. The first-order valence-electron chi connectivity index (χ1n) is 8.57. The third kappa shape index (κ3) is 6.50. The van der Waals surface area contributed by atoms with Gasteiger partial charge < -0.3 is 20.3 Å². The smallest absolute Gasteiger partial charge is 0.407 e. The third-order valence-electron chi connectivity index (χ3n) is 4.25. The summed E-state index contributed by atoms with van der Waals surface area (Å²) in [7, 11) is 0. The van der Waals surface area contributed by atoms with Gasteiger partial charge in [-0.25, -0.2) is 4.79 Å². The van der Waals surface area contributed by atoms with Crippen molar-refractivity contribution in [1.82, 2.24) is 20.4 Å². The van der Waals surface area contributed by atoms with Gasteiger partial charge in [-0.15, -0.1) is 0 Å². The molecule has 0 aromatic carbocycles. The molecule has 2 N–H and O–H groups in total. The molecule has 128 valence electrons. The minimum absolute atomic E-state index is 0.255. The van der Waals surface area contributed by atoms with Crippen LogP contribution in [0.4, 0.5) is 4.79 Å². The fourth-order valence-corrected chi connectivity index (χ4v) is 2.99. The van der Waals surface area contributed by atoms with Crippen molar-refractivity contribution in [2.75, 3.05) is 52.4 Å². The lowest BCUT2D eigenvalue weighted by Crippen LogP contribution is -2.49. The first-order valence-corrected chi connectivity index (χ1v) is 8.57. The van der Waals surface area contributed by atoms with E-state index in [1.165, 1.54) is 0 Å². The number of alkyl carbamates (subject to hydrolysis) is 1. The average molecular weight is 312 g/mol. The largest absolute Gasteiger partial charge is 0.444 e. The molecule has 2 aliphatic rings. The van der Waals surface area contributed by atoms with Gasteiger partial charge >= 0.3 is 6.09 Å². The molecule has 0 saturated carbocycles. The van der Waals surface area contributed by atoms with Crippen LogP contribution in [0.1, 0.15) is 33.6 Å². The molecule has 0 atom stereocenters. The molecule has 2 rings (SSSR count). The van der Waals surface area contributed by atoms with Gasteiger partial charge in [-0.3, -0.25) is 4.90 Å². The minimum Gasteiger partial charge on any atom is -0.444 e. The molecule has 0 spiro atoms. The standard InChI is InChI=1S/C16H32N4O2/c1-16(2,3)22-15(21)18-14-4-8-19(9-5-14)12-13-20-10-6-17-7-11-20/h14,17H,4-13H2,1-3H3,(H,18,21). The molecule has 22 heavy (non-hydrogen) atoms. The molecule has 0 radical (unpaired) electrons. The number of carbonyl (C=O) groups excluding carboxylic acids is 1. The Bertz CT molecular complexity index is 343. The van der Waals surface area contributed by atoms with Crippen LogP contribution in [0, 0.1) is 0 Å². The molecule has 0 aromatic rings. The van der Waals surface area contributed by atoms with Gasteiger partial charge in [-0.1, -0.05) is 0 Å². The molecule has 2 fully saturated rings. The van der Waals surface area contributed by atoms with E-state index >= 15 is 0 Å². The highest BCUT2D eigenvalue weighted by Gasteiger charge is 2.23. The van der Waals surface area contributed by atoms with E-state index in [9.17, 15) is 4.79 Å². The molecule has 0 aromatic heterocycles.